The quantitative estimate of drug-likeness (QED) is 0.588. The van der Waals surface area contributed by atoms with Crippen LogP contribution in [-0.4, -0.2) is 24.7 Å². The van der Waals surface area contributed by atoms with Gasteiger partial charge in [-0.25, -0.2) is 10.1 Å². The number of hydrogen-bond acceptors (Lipinski definition) is 5. The lowest BCUT2D eigenvalue weighted by Gasteiger charge is -1.99. The summed E-state index contributed by atoms with van der Waals surface area (Å²) in [6.07, 6.45) is 0. The fourth-order valence-electron chi connectivity index (χ4n) is 2.38. The van der Waals surface area contributed by atoms with E-state index in [1.807, 2.05) is 42.5 Å². The highest BCUT2D eigenvalue weighted by molar-refractivity contribution is 7.98. The minimum atomic E-state index is 0.762. The second-order valence-corrected chi connectivity index (χ2v) is 5.80. The molecule has 4 aromatic rings. The van der Waals surface area contributed by atoms with E-state index in [2.05, 4.69) is 20.3 Å². The molecule has 0 amide bonds. The molecule has 0 unspecified atom stereocenters. The first-order chi connectivity index (χ1) is 10.2. The van der Waals surface area contributed by atoms with Crippen molar-refractivity contribution < 1.29 is 4.52 Å². The fraction of sp³-hybridized carbons (Fsp3) is 0.214. The van der Waals surface area contributed by atoms with Gasteiger partial charge in [0.15, 0.2) is 5.16 Å². The Labute approximate surface area is 124 Å². The van der Waals surface area contributed by atoms with Gasteiger partial charge in [-0.15, -0.1) is 5.10 Å². The van der Waals surface area contributed by atoms with Gasteiger partial charge in [0.1, 0.15) is 5.76 Å². The summed E-state index contributed by atoms with van der Waals surface area (Å²) in [4.78, 5) is 4.52. The van der Waals surface area contributed by atoms with Gasteiger partial charge >= 0.3 is 0 Å². The van der Waals surface area contributed by atoms with Gasteiger partial charge < -0.3 is 4.52 Å². The summed E-state index contributed by atoms with van der Waals surface area (Å²) in [5, 5.41) is 12.2. The third-order valence-corrected chi connectivity index (χ3v) is 4.50. The molecular weight excluding hydrogens is 286 g/mol. The van der Waals surface area contributed by atoms with Crippen molar-refractivity contribution in [1.82, 2.24) is 24.7 Å². The van der Waals surface area contributed by atoms with E-state index in [4.69, 9.17) is 4.52 Å². The third kappa shape index (κ3) is 1.92. The number of para-hydroxylation sites is 2. The molecule has 3 heterocycles. The molecule has 0 aliphatic rings. The highest BCUT2D eigenvalue weighted by Crippen LogP contribution is 2.27. The molecule has 0 saturated carbocycles. The number of rotatable bonds is 3. The Morgan fingerprint density at radius 1 is 1.29 bits per heavy atom. The number of H-pyrrole nitrogens is 1. The standard InChI is InChI=1S/C14H13N5OS/c1-8-10(9(2)20-18-8)7-21-14-17-16-13-15-11-5-3-4-6-12(11)19(13)14/h3-6H,7H2,1-2H3,(H,15,16). The first-order valence-corrected chi connectivity index (χ1v) is 7.58. The van der Waals surface area contributed by atoms with Gasteiger partial charge in [-0.2, -0.15) is 0 Å². The second kappa shape index (κ2) is 4.63. The van der Waals surface area contributed by atoms with E-state index >= 15 is 0 Å². The number of aromatic nitrogens is 5. The summed E-state index contributed by atoms with van der Waals surface area (Å²) in [6.45, 7) is 3.89. The van der Waals surface area contributed by atoms with Crippen LogP contribution < -0.4 is 0 Å². The van der Waals surface area contributed by atoms with Gasteiger partial charge in [0, 0.05) is 11.3 Å². The number of benzene rings is 1. The maximum atomic E-state index is 5.20. The summed E-state index contributed by atoms with van der Waals surface area (Å²) < 4.78 is 7.24. The summed E-state index contributed by atoms with van der Waals surface area (Å²) >= 11 is 1.64. The van der Waals surface area contributed by atoms with Crippen LogP contribution in [0.5, 0.6) is 0 Å². The van der Waals surface area contributed by atoms with Crippen molar-refractivity contribution in [3.05, 3.63) is 41.3 Å². The largest absolute Gasteiger partial charge is 0.361 e. The molecule has 0 saturated heterocycles. The van der Waals surface area contributed by atoms with E-state index in [-0.39, 0.29) is 0 Å². The average Bonchev–Trinajstić information content (AvgIpc) is 3.13. The molecule has 106 valence electrons. The zero-order valence-electron chi connectivity index (χ0n) is 11.6. The molecule has 3 aromatic heterocycles. The van der Waals surface area contributed by atoms with Gasteiger partial charge in [0.25, 0.3) is 0 Å². The van der Waals surface area contributed by atoms with Crippen LogP contribution in [0.25, 0.3) is 16.8 Å². The monoisotopic (exact) mass is 299 g/mol. The minimum absolute atomic E-state index is 0.762. The average molecular weight is 299 g/mol. The second-order valence-electron chi connectivity index (χ2n) is 4.86. The van der Waals surface area contributed by atoms with Gasteiger partial charge in [-0.05, 0) is 26.0 Å². The summed E-state index contributed by atoms with van der Waals surface area (Å²) in [5.41, 5.74) is 4.08. The molecule has 0 bridgehead atoms. The van der Waals surface area contributed by atoms with Gasteiger partial charge in [0.2, 0.25) is 5.78 Å². The van der Waals surface area contributed by atoms with E-state index in [1.54, 1.807) is 11.8 Å². The Morgan fingerprint density at radius 3 is 2.95 bits per heavy atom. The van der Waals surface area contributed by atoms with Crippen LogP contribution in [0.2, 0.25) is 0 Å². The Kier molecular flexibility index (Phi) is 2.75. The normalized spacial score (nSPS) is 11.7. The summed E-state index contributed by atoms with van der Waals surface area (Å²) in [5.74, 6) is 2.40. The number of hydrogen-bond donors (Lipinski definition) is 1. The molecule has 0 fully saturated rings. The minimum Gasteiger partial charge on any atom is -0.361 e. The van der Waals surface area contributed by atoms with Crippen molar-refractivity contribution in [3.63, 3.8) is 0 Å². The molecule has 0 atom stereocenters. The number of imidazole rings is 1. The van der Waals surface area contributed by atoms with E-state index in [0.29, 0.717) is 0 Å². The van der Waals surface area contributed by atoms with Crippen molar-refractivity contribution in [3.8, 4) is 0 Å². The van der Waals surface area contributed by atoms with E-state index in [0.717, 1.165) is 44.7 Å². The van der Waals surface area contributed by atoms with Crippen molar-refractivity contribution in [2.75, 3.05) is 0 Å². The molecule has 4 rings (SSSR count). The van der Waals surface area contributed by atoms with Crippen LogP contribution in [0, 0.1) is 13.8 Å². The first-order valence-electron chi connectivity index (χ1n) is 6.60. The van der Waals surface area contributed by atoms with Gasteiger partial charge in [0.05, 0.1) is 16.7 Å². The van der Waals surface area contributed by atoms with Crippen molar-refractivity contribution in [1.29, 1.82) is 0 Å². The van der Waals surface area contributed by atoms with Crippen LogP contribution in [0.4, 0.5) is 0 Å². The highest BCUT2D eigenvalue weighted by atomic mass is 32.2. The van der Waals surface area contributed by atoms with Gasteiger partial charge in [-0.1, -0.05) is 29.1 Å². The first kappa shape index (κ1) is 12.5. The molecule has 21 heavy (non-hydrogen) atoms. The van der Waals surface area contributed by atoms with Crippen LogP contribution in [-0.2, 0) is 5.75 Å². The Bertz CT molecular complexity index is 916. The number of nitrogens with zero attached hydrogens (tertiary/aromatic N) is 4. The maximum Gasteiger partial charge on any atom is 0.231 e. The van der Waals surface area contributed by atoms with Crippen LogP contribution >= 0.6 is 11.8 Å². The van der Waals surface area contributed by atoms with Crippen molar-refractivity contribution in [2.45, 2.75) is 24.8 Å². The molecule has 0 spiro atoms. The zero-order chi connectivity index (χ0) is 14.4. The smallest absolute Gasteiger partial charge is 0.231 e. The van der Waals surface area contributed by atoms with Crippen molar-refractivity contribution in [2.24, 2.45) is 0 Å². The van der Waals surface area contributed by atoms with Crippen molar-refractivity contribution >= 4 is 28.6 Å². The Balaban J connectivity index is 1.74. The lowest BCUT2D eigenvalue weighted by molar-refractivity contribution is 0.392. The Morgan fingerprint density at radius 2 is 2.14 bits per heavy atom. The third-order valence-electron chi connectivity index (χ3n) is 3.53. The molecule has 0 aliphatic heterocycles. The zero-order valence-corrected chi connectivity index (χ0v) is 12.4. The van der Waals surface area contributed by atoms with Crippen LogP contribution in [0.1, 0.15) is 17.0 Å². The van der Waals surface area contributed by atoms with Crippen LogP contribution in [0.15, 0.2) is 33.9 Å². The number of aromatic amines is 1. The van der Waals surface area contributed by atoms with E-state index < -0.39 is 0 Å². The molecule has 6 nitrogen and oxygen atoms in total. The molecule has 0 aliphatic carbocycles. The molecule has 0 radical (unpaired) electrons. The summed E-state index contributed by atoms with van der Waals surface area (Å²) in [6, 6.07) is 8.04. The SMILES string of the molecule is Cc1noc(C)c1CSc1n[nH]c2nc3ccccc3n12. The van der Waals surface area contributed by atoms with E-state index in [1.165, 1.54) is 0 Å². The molecule has 1 N–H and O–H groups in total. The Hall–Kier alpha value is -2.28. The molecular formula is C14H13N5OS. The van der Waals surface area contributed by atoms with E-state index in [9.17, 15) is 0 Å². The predicted octanol–water partition coefficient (Wildman–Crippen LogP) is 3.11. The number of aryl methyl sites for hydroxylation is 2. The number of fused-ring (bicyclic) bond motifs is 3. The predicted molar refractivity (Wildman–Crippen MR) is 80.4 cm³/mol. The highest BCUT2D eigenvalue weighted by Gasteiger charge is 2.14. The molecule has 7 heteroatoms. The summed E-state index contributed by atoms with van der Waals surface area (Å²) in [7, 11) is 0. The number of thioether (sulfide) groups is 1. The van der Waals surface area contributed by atoms with Crippen LogP contribution in [0.3, 0.4) is 0 Å². The lowest BCUT2D eigenvalue weighted by atomic mass is 10.2. The number of nitrogens with one attached hydrogen (secondary N) is 1. The topological polar surface area (TPSA) is 72.0 Å². The fourth-order valence-corrected chi connectivity index (χ4v) is 3.49. The van der Waals surface area contributed by atoms with Gasteiger partial charge in [-0.3, -0.25) is 4.40 Å². The maximum absolute atomic E-state index is 5.20. The molecule has 1 aromatic carbocycles. The lowest BCUT2D eigenvalue weighted by Crippen LogP contribution is -1.89.